The van der Waals surface area contributed by atoms with Crippen LogP contribution in [0.15, 0.2) is 12.2 Å². The molecule has 0 saturated heterocycles. The number of carbonyl (C=O) groups is 1. The van der Waals surface area contributed by atoms with E-state index in [0.717, 1.165) is 18.3 Å². The Labute approximate surface area is 98.3 Å². The first-order chi connectivity index (χ1) is 7.47. The van der Waals surface area contributed by atoms with E-state index in [4.69, 9.17) is 0 Å². The summed E-state index contributed by atoms with van der Waals surface area (Å²) in [6.07, 6.45) is 3.72. The van der Waals surface area contributed by atoms with Gasteiger partial charge in [0, 0.05) is 11.3 Å². The number of hydrogen-bond donors (Lipinski definition) is 0. The summed E-state index contributed by atoms with van der Waals surface area (Å²) in [5.41, 5.74) is 1.30. The van der Waals surface area contributed by atoms with E-state index in [0.29, 0.717) is 23.5 Å². The predicted molar refractivity (Wildman–Crippen MR) is 64.9 cm³/mol. The zero-order valence-corrected chi connectivity index (χ0v) is 10.6. The molecule has 0 radical (unpaired) electrons. The van der Waals surface area contributed by atoms with Gasteiger partial charge in [0.15, 0.2) is 0 Å². The molecule has 1 heteroatoms. The van der Waals surface area contributed by atoms with E-state index in [1.807, 2.05) is 0 Å². The summed E-state index contributed by atoms with van der Waals surface area (Å²) in [6, 6.07) is 0. The molecule has 0 aliphatic heterocycles. The van der Waals surface area contributed by atoms with Crippen molar-refractivity contribution in [3.8, 4) is 0 Å². The van der Waals surface area contributed by atoms with Gasteiger partial charge in [0.1, 0.15) is 5.78 Å². The molecule has 2 bridgehead atoms. The quantitative estimate of drug-likeness (QED) is 0.616. The Morgan fingerprint density at radius 3 is 2.69 bits per heavy atom. The molecule has 0 spiro atoms. The fourth-order valence-corrected chi connectivity index (χ4v) is 5.08. The molecule has 4 fully saturated rings. The Hall–Kier alpha value is -0.590. The largest absolute Gasteiger partial charge is 0.299 e. The van der Waals surface area contributed by atoms with Crippen LogP contribution in [0.25, 0.3) is 0 Å². The van der Waals surface area contributed by atoms with E-state index < -0.39 is 0 Å². The Balaban J connectivity index is 2.02. The zero-order valence-electron chi connectivity index (χ0n) is 10.6. The molecule has 6 atom stereocenters. The molecule has 4 saturated carbocycles. The Kier molecular flexibility index (Phi) is 1.98. The lowest BCUT2D eigenvalue weighted by Crippen LogP contribution is -2.62. The van der Waals surface area contributed by atoms with E-state index >= 15 is 0 Å². The summed E-state index contributed by atoms with van der Waals surface area (Å²) in [7, 11) is 0. The summed E-state index contributed by atoms with van der Waals surface area (Å²) in [5, 5.41) is 0. The van der Waals surface area contributed by atoms with Crippen molar-refractivity contribution in [2.75, 3.05) is 0 Å². The highest BCUT2D eigenvalue weighted by Gasteiger charge is 2.66. The molecule has 16 heavy (non-hydrogen) atoms. The van der Waals surface area contributed by atoms with Gasteiger partial charge in [0.2, 0.25) is 0 Å². The van der Waals surface area contributed by atoms with Crippen molar-refractivity contribution in [3.05, 3.63) is 12.2 Å². The van der Waals surface area contributed by atoms with Crippen LogP contribution in [0.5, 0.6) is 0 Å². The second-order valence-electron chi connectivity index (χ2n) is 6.70. The summed E-state index contributed by atoms with van der Waals surface area (Å²) in [5.74, 6) is 3.57. The first-order valence-electron chi connectivity index (χ1n) is 6.66. The molecule has 0 heterocycles. The van der Waals surface area contributed by atoms with Gasteiger partial charge in [-0.15, -0.1) is 0 Å². The Bertz CT molecular complexity index is 370. The topological polar surface area (TPSA) is 17.1 Å². The summed E-state index contributed by atoms with van der Waals surface area (Å²) < 4.78 is 0. The standard InChI is InChI=1S/C15H22O/c1-8(2)12-10-7-15(4,14(10)16)11-6-5-9(3)13(11)12/h9-13H,1,5-7H2,2-4H3/t9-,10+,11+,12-,13-,15-/m0/s1. The first-order valence-corrected chi connectivity index (χ1v) is 6.66. The summed E-state index contributed by atoms with van der Waals surface area (Å²) in [4.78, 5) is 12.3. The number of ketones is 1. The molecule has 0 aromatic rings. The molecule has 0 amide bonds. The average Bonchev–Trinajstić information content (AvgIpc) is 2.61. The van der Waals surface area contributed by atoms with Crippen molar-refractivity contribution in [1.82, 2.24) is 0 Å². The van der Waals surface area contributed by atoms with Gasteiger partial charge in [-0.05, 0) is 43.4 Å². The van der Waals surface area contributed by atoms with Crippen LogP contribution in [0.1, 0.15) is 40.0 Å². The third-order valence-corrected chi connectivity index (χ3v) is 5.83. The molecule has 4 aliphatic carbocycles. The minimum atomic E-state index is 0.0477. The van der Waals surface area contributed by atoms with Crippen molar-refractivity contribution in [2.45, 2.75) is 40.0 Å². The number of Topliss-reactive ketones (excluding diaryl/α,β-unsaturated/α-hetero) is 1. The van der Waals surface area contributed by atoms with Crippen molar-refractivity contribution < 1.29 is 4.79 Å². The molecule has 1 nitrogen and oxygen atoms in total. The Morgan fingerprint density at radius 1 is 1.44 bits per heavy atom. The van der Waals surface area contributed by atoms with Crippen LogP contribution in [-0.4, -0.2) is 5.78 Å². The molecule has 0 unspecified atom stereocenters. The van der Waals surface area contributed by atoms with Crippen LogP contribution in [0, 0.1) is 35.0 Å². The Morgan fingerprint density at radius 2 is 2.12 bits per heavy atom. The van der Waals surface area contributed by atoms with Crippen molar-refractivity contribution >= 4 is 5.78 Å². The molecule has 0 aromatic heterocycles. The SMILES string of the molecule is C=C(C)[C@@H]1[C@@H]2[C@@H](CC[C@@H]2C)[C@]2(C)C[C@H]1C2=O. The third-order valence-electron chi connectivity index (χ3n) is 5.83. The van der Waals surface area contributed by atoms with Crippen LogP contribution in [0.4, 0.5) is 0 Å². The maximum absolute atomic E-state index is 12.3. The van der Waals surface area contributed by atoms with Gasteiger partial charge in [-0.2, -0.15) is 0 Å². The number of rotatable bonds is 1. The van der Waals surface area contributed by atoms with Gasteiger partial charge in [-0.25, -0.2) is 0 Å². The molecule has 88 valence electrons. The molecular formula is C15H22O. The van der Waals surface area contributed by atoms with Crippen LogP contribution in [-0.2, 0) is 4.79 Å². The number of allylic oxidation sites excluding steroid dienone is 1. The van der Waals surface area contributed by atoms with Crippen LogP contribution < -0.4 is 0 Å². The third kappa shape index (κ3) is 1.00. The van der Waals surface area contributed by atoms with Crippen LogP contribution >= 0.6 is 0 Å². The van der Waals surface area contributed by atoms with E-state index in [1.165, 1.54) is 18.4 Å². The minimum Gasteiger partial charge on any atom is -0.299 e. The van der Waals surface area contributed by atoms with Gasteiger partial charge in [-0.3, -0.25) is 4.79 Å². The highest BCUT2D eigenvalue weighted by molar-refractivity contribution is 5.94. The van der Waals surface area contributed by atoms with E-state index in [9.17, 15) is 4.79 Å². The zero-order chi connectivity index (χ0) is 11.7. The fourth-order valence-electron chi connectivity index (χ4n) is 5.08. The van der Waals surface area contributed by atoms with Gasteiger partial charge in [0.25, 0.3) is 0 Å². The van der Waals surface area contributed by atoms with Crippen LogP contribution in [0.3, 0.4) is 0 Å². The number of carbonyl (C=O) groups excluding carboxylic acids is 1. The monoisotopic (exact) mass is 218 g/mol. The highest BCUT2D eigenvalue weighted by Crippen LogP contribution is 2.67. The first kappa shape index (κ1) is 10.6. The van der Waals surface area contributed by atoms with Crippen molar-refractivity contribution in [1.29, 1.82) is 0 Å². The van der Waals surface area contributed by atoms with E-state index in [1.54, 1.807) is 0 Å². The van der Waals surface area contributed by atoms with Crippen LogP contribution in [0.2, 0.25) is 0 Å². The molecule has 0 N–H and O–H groups in total. The summed E-state index contributed by atoms with van der Waals surface area (Å²) >= 11 is 0. The lowest BCUT2D eigenvalue weighted by atomic mass is 9.42. The van der Waals surface area contributed by atoms with Gasteiger partial charge < -0.3 is 0 Å². The molecule has 4 aliphatic rings. The van der Waals surface area contributed by atoms with Gasteiger partial charge >= 0.3 is 0 Å². The maximum atomic E-state index is 12.3. The second kappa shape index (κ2) is 3.00. The molecular weight excluding hydrogens is 196 g/mol. The van der Waals surface area contributed by atoms with Gasteiger partial charge in [0.05, 0.1) is 0 Å². The molecule has 4 rings (SSSR count). The normalized spacial score (nSPS) is 54.4. The summed E-state index contributed by atoms with van der Waals surface area (Å²) in [6.45, 7) is 10.9. The highest BCUT2D eigenvalue weighted by atomic mass is 16.1. The lowest BCUT2D eigenvalue weighted by molar-refractivity contribution is -0.169. The molecule has 0 aromatic carbocycles. The average molecular weight is 218 g/mol. The second-order valence-corrected chi connectivity index (χ2v) is 6.70. The van der Waals surface area contributed by atoms with E-state index in [2.05, 4.69) is 27.4 Å². The van der Waals surface area contributed by atoms with E-state index in [-0.39, 0.29) is 5.41 Å². The maximum Gasteiger partial charge on any atom is 0.142 e. The van der Waals surface area contributed by atoms with Crippen molar-refractivity contribution in [3.63, 3.8) is 0 Å². The smallest absolute Gasteiger partial charge is 0.142 e. The number of hydrogen-bond acceptors (Lipinski definition) is 1. The van der Waals surface area contributed by atoms with Crippen molar-refractivity contribution in [2.24, 2.45) is 35.0 Å². The minimum absolute atomic E-state index is 0.0477. The predicted octanol–water partition coefficient (Wildman–Crippen LogP) is 3.45. The van der Waals surface area contributed by atoms with Gasteiger partial charge in [-0.1, -0.05) is 32.4 Å². The lowest BCUT2D eigenvalue weighted by Gasteiger charge is -2.60. The fraction of sp³-hybridized carbons (Fsp3) is 0.800.